The van der Waals surface area contributed by atoms with E-state index >= 15 is 0 Å². The first-order valence-electron chi connectivity index (χ1n) is 6.87. The molecule has 1 unspecified atom stereocenters. The zero-order chi connectivity index (χ0) is 15.4. The van der Waals surface area contributed by atoms with Crippen LogP contribution in [0.3, 0.4) is 0 Å². The van der Waals surface area contributed by atoms with E-state index in [9.17, 15) is 4.79 Å². The van der Waals surface area contributed by atoms with Gasteiger partial charge in [0, 0.05) is 5.69 Å². The molecule has 0 aliphatic heterocycles. The molecule has 1 amide bonds. The number of carbonyl (C=O) groups excluding carboxylic acids is 1. The van der Waals surface area contributed by atoms with Crippen LogP contribution in [0.4, 0.5) is 5.69 Å². The molecule has 0 bridgehead atoms. The van der Waals surface area contributed by atoms with Crippen LogP contribution in [0, 0.1) is 13.8 Å². The van der Waals surface area contributed by atoms with E-state index in [1.807, 2.05) is 30.3 Å². The molecular formula is C17H20N2O2. The van der Waals surface area contributed by atoms with E-state index in [0.29, 0.717) is 5.69 Å². The number of hydrogen-bond donors (Lipinski definition) is 2. The van der Waals surface area contributed by atoms with E-state index < -0.39 is 6.04 Å². The Bertz CT molecular complexity index is 634. The van der Waals surface area contributed by atoms with Gasteiger partial charge >= 0.3 is 0 Å². The quantitative estimate of drug-likeness (QED) is 0.904. The van der Waals surface area contributed by atoms with E-state index in [0.717, 1.165) is 11.5 Å². The minimum Gasteiger partial charge on any atom is -0.457 e. The van der Waals surface area contributed by atoms with Gasteiger partial charge in [0.05, 0.1) is 6.04 Å². The van der Waals surface area contributed by atoms with Crippen LogP contribution in [-0.2, 0) is 4.79 Å². The molecule has 21 heavy (non-hydrogen) atoms. The monoisotopic (exact) mass is 284 g/mol. The van der Waals surface area contributed by atoms with Crippen molar-refractivity contribution >= 4 is 11.6 Å². The summed E-state index contributed by atoms with van der Waals surface area (Å²) in [6.07, 6.45) is 0. The average Bonchev–Trinajstić information content (AvgIpc) is 2.45. The third kappa shape index (κ3) is 4.07. The van der Waals surface area contributed by atoms with E-state index in [-0.39, 0.29) is 5.91 Å². The van der Waals surface area contributed by atoms with Crippen molar-refractivity contribution in [1.82, 2.24) is 0 Å². The van der Waals surface area contributed by atoms with Gasteiger partial charge in [-0.2, -0.15) is 0 Å². The van der Waals surface area contributed by atoms with Crippen molar-refractivity contribution < 1.29 is 9.53 Å². The van der Waals surface area contributed by atoms with Crippen LogP contribution in [-0.4, -0.2) is 11.9 Å². The van der Waals surface area contributed by atoms with Gasteiger partial charge in [0.2, 0.25) is 5.91 Å². The Morgan fingerprint density at radius 3 is 2.24 bits per heavy atom. The van der Waals surface area contributed by atoms with Gasteiger partial charge in [0.1, 0.15) is 11.5 Å². The van der Waals surface area contributed by atoms with Crippen molar-refractivity contribution in [1.29, 1.82) is 0 Å². The number of ether oxygens (including phenoxy) is 1. The lowest BCUT2D eigenvalue weighted by molar-refractivity contribution is -0.117. The summed E-state index contributed by atoms with van der Waals surface area (Å²) in [4.78, 5) is 11.5. The summed E-state index contributed by atoms with van der Waals surface area (Å²) < 4.78 is 5.78. The highest BCUT2D eigenvalue weighted by Gasteiger charge is 2.07. The molecule has 3 N–H and O–H groups in total. The molecular weight excluding hydrogens is 264 g/mol. The maximum absolute atomic E-state index is 11.5. The van der Waals surface area contributed by atoms with Gasteiger partial charge in [-0.15, -0.1) is 0 Å². The van der Waals surface area contributed by atoms with Crippen LogP contribution in [0.25, 0.3) is 0 Å². The maximum Gasteiger partial charge on any atom is 0.240 e. The molecule has 4 nitrogen and oxygen atoms in total. The second kappa shape index (κ2) is 6.41. The molecule has 0 heterocycles. The van der Waals surface area contributed by atoms with Gasteiger partial charge in [-0.1, -0.05) is 6.07 Å². The number of nitrogens with one attached hydrogen (secondary N) is 1. The summed E-state index contributed by atoms with van der Waals surface area (Å²) in [5.74, 6) is 1.31. The molecule has 0 saturated carbocycles. The number of carbonyl (C=O) groups is 1. The molecule has 2 rings (SSSR count). The first kappa shape index (κ1) is 15.1. The van der Waals surface area contributed by atoms with Gasteiger partial charge < -0.3 is 15.8 Å². The number of aryl methyl sites for hydroxylation is 2. The molecule has 110 valence electrons. The van der Waals surface area contributed by atoms with Crippen molar-refractivity contribution in [2.45, 2.75) is 26.8 Å². The topological polar surface area (TPSA) is 64.3 Å². The number of benzene rings is 2. The second-order valence-corrected chi connectivity index (χ2v) is 5.15. The highest BCUT2D eigenvalue weighted by molar-refractivity contribution is 5.94. The van der Waals surface area contributed by atoms with Crippen molar-refractivity contribution in [2.24, 2.45) is 5.73 Å². The molecule has 0 radical (unpaired) electrons. The highest BCUT2D eigenvalue weighted by atomic mass is 16.5. The molecule has 0 fully saturated rings. The molecule has 2 aromatic carbocycles. The molecule has 0 aliphatic carbocycles. The van der Waals surface area contributed by atoms with Crippen LogP contribution in [0.1, 0.15) is 18.1 Å². The zero-order valence-electron chi connectivity index (χ0n) is 12.5. The summed E-state index contributed by atoms with van der Waals surface area (Å²) in [7, 11) is 0. The molecule has 0 aliphatic rings. The van der Waals surface area contributed by atoms with Gasteiger partial charge in [-0.25, -0.2) is 0 Å². The SMILES string of the molecule is Cc1ccc(Oc2ccc(NC(=O)C(C)N)cc2)cc1C. The van der Waals surface area contributed by atoms with E-state index in [2.05, 4.69) is 19.2 Å². The minimum absolute atomic E-state index is 0.210. The molecule has 1 atom stereocenters. The van der Waals surface area contributed by atoms with E-state index in [4.69, 9.17) is 10.5 Å². The lowest BCUT2D eigenvalue weighted by atomic mass is 10.1. The number of hydrogen-bond acceptors (Lipinski definition) is 3. The Morgan fingerprint density at radius 2 is 1.67 bits per heavy atom. The van der Waals surface area contributed by atoms with Crippen molar-refractivity contribution in [3.05, 3.63) is 53.6 Å². The molecule has 4 heteroatoms. The van der Waals surface area contributed by atoms with Crippen molar-refractivity contribution in [3.8, 4) is 11.5 Å². The molecule has 2 aromatic rings. The van der Waals surface area contributed by atoms with Crippen LogP contribution >= 0.6 is 0 Å². The fourth-order valence-electron chi connectivity index (χ4n) is 1.78. The fourth-order valence-corrected chi connectivity index (χ4v) is 1.78. The van der Waals surface area contributed by atoms with Crippen LogP contribution in [0.2, 0.25) is 0 Å². The van der Waals surface area contributed by atoms with Crippen molar-refractivity contribution in [3.63, 3.8) is 0 Å². The molecule has 0 aromatic heterocycles. The Morgan fingerprint density at radius 1 is 1.05 bits per heavy atom. The van der Waals surface area contributed by atoms with Crippen molar-refractivity contribution in [2.75, 3.05) is 5.32 Å². The lowest BCUT2D eigenvalue weighted by Crippen LogP contribution is -2.32. The molecule has 0 saturated heterocycles. The third-order valence-corrected chi connectivity index (χ3v) is 3.25. The normalized spacial score (nSPS) is 11.8. The smallest absolute Gasteiger partial charge is 0.240 e. The largest absolute Gasteiger partial charge is 0.457 e. The Hall–Kier alpha value is -2.33. The predicted octanol–water partition coefficient (Wildman–Crippen LogP) is 3.38. The van der Waals surface area contributed by atoms with Gasteiger partial charge in [0.25, 0.3) is 0 Å². The summed E-state index contributed by atoms with van der Waals surface area (Å²) >= 11 is 0. The number of anilines is 1. The van der Waals surface area contributed by atoms with Gasteiger partial charge in [-0.3, -0.25) is 4.79 Å². The van der Waals surface area contributed by atoms with E-state index in [1.165, 1.54) is 11.1 Å². The summed E-state index contributed by atoms with van der Waals surface area (Å²) in [6, 6.07) is 12.6. The summed E-state index contributed by atoms with van der Waals surface area (Å²) in [5.41, 5.74) is 8.63. The Kier molecular flexibility index (Phi) is 4.60. The predicted molar refractivity (Wildman–Crippen MR) is 84.7 cm³/mol. The first-order chi connectivity index (χ1) is 9.95. The number of amides is 1. The van der Waals surface area contributed by atoms with Crippen LogP contribution in [0.15, 0.2) is 42.5 Å². The standard InChI is InChI=1S/C17H20N2O2/c1-11-4-7-16(10-12(11)2)21-15-8-5-14(6-9-15)19-17(20)13(3)18/h4-10,13H,18H2,1-3H3,(H,19,20). The maximum atomic E-state index is 11.5. The zero-order valence-corrected chi connectivity index (χ0v) is 12.5. The number of rotatable bonds is 4. The van der Waals surface area contributed by atoms with Gasteiger partial charge in [0.15, 0.2) is 0 Å². The highest BCUT2D eigenvalue weighted by Crippen LogP contribution is 2.24. The number of nitrogens with two attached hydrogens (primary N) is 1. The fraction of sp³-hybridized carbons (Fsp3) is 0.235. The second-order valence-electron chi connectivity index (χ2n) is 5.15. The molecule has 0 spiro atoms. The average molecular weight is 284 g/mol. The summed E-state index contributed by atoms with van der Waals surface area (Å²) in [5, 5.41) is 2.73. The summed E-state index contributed by atoms with van der Waals surface area (Å²) in [6.45, 7) is 5.76. The van der Waals surface area contributed by atoms with Gasteiger partial charge in [-0.05, 0) is 68.3 Å². The first-order valence-corrected chi connectivity index (χ1v) is 6.87. The van der Waals surface area contributed by atoms with Crippen LogP contribution in [0.5, 0.6) is 11.5 Å². The van der Waals surface area contributed by atoms with Crippen LogP contribution < -0.4 is 15.8 Å². The third-order valence-electron chi connectivity index (χ3n) is 3.25. The minimum atomic E-state index is -0.531. The lowest BCUT2D eigenvalue weighted by Gasteiger charge is -2.10. The van der Waals surface area contributed by atoms with E-state index in [1.54, 1.807) is 19.1 Å². The Labute approximate surface area is 124 Å². The Balaban J connectivity index is 2.05.